The number of rotatable bonds is 6. The molecule has 2 N–H and O–H groups in total. The van der Waals surface area contributed by atoms with Crippen LogP contribution in [0.3, 0.4) is 0 Å². The van der Waals surface area contributed by atoms with E-state index in [-0.39, 0.29) is 12.0 Å². The van der Waals surface area contributed by atoms with E-state index >= 15 is 0 Å². The van der Waals surface area contributed by atoms with Crippen LogP contribution in [0.2, 0.25) is 0 Å². The third-order valence-corrected chi connectivity index (χ3v) is 4.16. The summed E-state index contributed by atoms with van der Waals surface area (Å²) in [4.78, 5) is 26.0. The lowest BCUT2D eigenvalue weighted by Crippen LogP contribution is -2.11. The van der Waals surface area contributed by atoms with Crippen molar-refractivity contribution in [3.63, 3.8) is 0 Å². The Bertz CT molecular complexity index is 921. The van der Waals surface area contributed by atoms with E-state index in [0.717, 1.165) is 36.0 Å². The molecular weight excluding hydrogens is 292 g/mol. The number of aryl methyl sites for hydroxylation is 2. The Morgan fingerprint density at radius 3 is 2.70 bits per heavy atom. The summed E-state index contributed by atoms with van der Waals surface area (Å²) in [6.07, 6.45) is 3.69. The van der Waals surface area contributed by atoms with Crippen molar-refractivity contribution in [2.45, 2.75) is 39.0 Å². The molecule has 0 saturated heterocycles. The van der Waals surface area contributed by atoms with Crippen LogP contribution in [0.1, 0.15) is 37.4 Å². The molecule has 0 aliphatic heterocycles. The van der Waals surface area contributed by atoms with Crippen LogP contribution in [0.4, 0.5) is 0 Å². The number of nitrogens with one attached hydrogen (secondary N) is 1. The zero-order valence-corrected chi connectivity index (χ0v) is 13.1. The van der Waals surface area contributed by atoms with E-state index in [1.165, 1.54) is 5.56 Å². The Labute approximate surface area is 133 Å². The maximum absolute atomic E-state index is 12.3. The standard InChI is InChI=1S/C18H20N2O3/c1-2-3-4-12-5-8-15-14(11-12)19-18(23)16-9-6-13(20(15)16)7-10-17(21)22/h5-6,8-9,11H,2-4,7,10H2,1H3,(H,19,23)(H,21,22). The van der Waals surface area contributed by atoms with Crippen molar-refractivity contribution in [3.05, 3.63) is 51.9 Å². The van der Waals surface area contributed by atoms with Crippen LogP contribution in [-0.2, 0) is 17.6 Å². The van der Waals surface area contributed by atoms with Crippen molar-refractivity contribution < 1.29 is 9.90 Å². The van der Waals surface area contributed by atoms with E-state index in [9.17, 15) is 9.59 Å². The summed E-state index contributed by atoms with van der Waals surface area (Å²) in [6.45, 7) is 2.15. The van der Waals surface area contributed by atoms with Crippen molar-refractivity contribution in [1.82, 2.24) is 9.38 Å². The molecule has 0 amide bonds. The first-order valence-electron chi connectivity index (χ1n) is 7.97. The molecule has 5 nitrogen and oxygen atoms in total. The summed E-state index contributed by atoms with van der Waals surface area (Å²) in [5.41, 5.74) is 4.16. The highest BCUT2D eigenvalue weighted by molar-refractivity contribution is 5.79. The van der Waals surface area contributed by atoms with Gasteiger partial charge < -0.3 is 14.5 Å². The van der Waals surface area contributed by atoms with Gasteiger partial charge in [-0.3, -0.25) is 9.59 Å². The molecular formula is C18H20N2O3. The molecule has 1 aromatic carbocycles. The minimum absolute atomic E-state index is 0.0506. The number of H-pyrrole nitrogens is 1. The minimum Gasteiger partial charge on any atom is -0.481 e. The van der Waals surface area contributed by atoms with Gasteiger partial charge in [0.1, 0.15) is 5.52 Å². The molecule has 0 aliphatic carbocycles. The number of nitrogens with zero attached hydrogens (tertiary/aromatic N) is 1. The highest BCUT2D eigenvalue weighted by Gasteiger charge is 2.11. The highest BCUT2D eigenvalue weighted by Crippen LogP contribution is 2.19. The highest BCUT2D eigenvalue weighted by atomic mass is 16.4. The maximum Gasteiger partial charge on any atom is 0.303 e. The summed E-state index contributed by atoms with van der Waals surface area (Å²) in [6, 6.07) is 9.69. The summed E-state index contributed by atoms with van der Waals surface area (Å²) in [7, 11) is 0. The first-order chi connectivity index (χ1) is 11.1. The molecule has 0 saturated carbocycles. The normalized spacial score (nSPS) is 11.3. The van der Waals surface area contributed by atoms with Crippen LogP contribution in [0, 0.1) is 0 Å². The number of carboxylic acids is 1. The van der Waals surface area contributed by atoms with Crippen LogP contribution >= 0.6 is 0 Å². The molecule has 0 unspecified atom stereocenters. The number of fused-ring (bicyclic) bond motifs is 3. The number of aliphatic carboxylic acids is 1. The van der Waals surface area contributed by atoms with Gasteiger partial charge in [-0.1, -0.05) is 19.4 Å². The largest absolute Gasteiger partial charge is 0.481 e. The van der Waals surface area contributed by atoms with Gasteiger partial charge >= 0.3 is 5.97 Å². The van der Waals surface area contributed by atoms with Gasteiger partial charge in [-0.05, 0) is 49.1 Å². The van der Waals surface area contributed by atoms with E-state index in [1.807, 2.05) is 22.6 Å². The zero-order valence-electron chi connectivity index (χ0n) is 13.1. The van der Waals surface area contributed by atoms with Crippen molar-refractivity contribution in [1.29, 1.82) is 0 Å². The Morgan fingerprint density at radius 1 is 1.17 bits per heavy atom. The second kappa shape index (κ2) is 6.28. The van der Waals surface area contributed by atoms with Crippen LogP contribution < -0.4 is 5.56 Å². The molecule has 0 radical (unpaired) electrons. The first-order valence-corrected chi connectivity index (χ1v) is 7.97. The van der Waals surface area contributed by atoms with E-state index in [0.29, 0.717) is 11.9 Å². The molecule has 120 valence electrons. The van der Waals surface area contributed by atoms with Crippen molar-refractivity contribution in [3.8, 4) is 0 Å². The fourth-order valence-electron chi connectivity index (χ4n) is 2.97. The van der Waals surface area contributed by atoms with Gasteiger partial charge in [0.2, 0.25) is 0 Å². The number of benzene rings is 1. The Kier molecular flexibility index (Phi) is 4.19. The van der Waals surface area contributed by atoms with Crippen molar-refractivity contribution in [2.75, 3.05) is 0 Å². The van der Waals surface area contributed by atoms with Crippen LogP contribution in [0.5, 0.6) is 0 Å². The van der Waals surface area contributed by atoms with Gasteiger partial charge in [-0.25, -0.2) is 0 Å². The first kappa shape index (κ1) is 15.3. The number of carbonyl (C=O) groups is 1. The second-order valence-corrected chi connectivity index (χ2v) is 5.85. The number of carboxylic acid groups (broad SMARTS) is 1. The molecule has 5 heteroatoms. The molecule has 2 aromatic heterocycles. The number of unbranched alkanes of at least 4 members (excludes halogenated alkanes) is 1. The van der Waals surface area contributed by atoms with Crippen molar-refractivity contribution in [2.24, 2.45) is 0 Å². The van der Waals surface area contributed by atoms with Gasteiger partial charge in [0.15, 0.2) is 0 Å². The summed E-state index contributed by atoms with van der Waals surface area (Å²) in [5, 5.41) is 8.89. The summed E-state index contributed by atoms with van der Waals surface area (Å²) >= 11 is 0. The molecule has 0 atom stereocenters. The van der Waals surface area contributed by atoms with Gasteiger partial charge in [-0.2, -0.15) is 0 Å². The third-order valence-electron chi connectivity index (χ3n) is 4.16. The molecule has 0 aliphatic rings. The zero-order chi connectivity index (χ0) is 16.4. The summed E-state index contributed by atoms with van der Waals surface area (Å²) < 4.78 is 1.88. The van der Waals surface area contributed by atoms with Crippen LogP contribution in [0.15, 0.2) is 35.1 Å². The molecule has 23 heavy (non-hydrogen) atoms. The third kappa shape index (κ3) is 2.99. The average Bonchev–Trinajstić information content (AvgIpc) is 2.95. The predicted molar refractivity (Wildman–Crippen MR) is 90.1 cm³/mol. The molecule has 3 rings (SSSR count). The fraction of sp³-hybridized carbons (Fsp3) is 0.333. The quantitative estimate of drug-likeness (QED) is 0.734. The topological polar surface area (TPSA) is 74.6 Å². The molecule has 2 heterocycles. The van der Waals surface area contributed by atoms with E-state index in [1.54, 1.807) is 6.07 Å². The molecule has 0 fully saturated rings. The lowest BCUT2D eigenvalue weighted by molar-refractivity contribution is -0.136. The molecule has 3 aromatic rings. The van der Waals surface area contributed by atoms with Crippen LogP contribution in [-0.4, -0.2) is 20.5 Å². The van der Waals surface area contributed by atoms with E-state index in [2.05, 4.69) is 18.0 Å². The number of aromatic nitrogens is 2. The Hall–Kier alpha value is -2.56. The lowest BCUT2D eigenvalue weighted by atomic mass is 10.1. The lowest BCUT2D eigenvalue weighted by Gasteiger charge is -2.08. The van der Waals surface area contributed by atoms with Gasteiger partial charge in [-0.15, -0.1) is 0 Å². The number of aromatic amines is 1. The fourth-order valence-corrected chi connectivity index (χ4v) is 2.97. The summed E-state index contributed by atoms with van der Waals surface area (Å²) in [5.74, 6) is -0.837. The van der Waals surface area contributed by atoms with E-state index < -0.39 is 5.97 Å². The maximum atomic E-state index is 12.3. The van der Waals surface area contributed by atoms with Gasteiger partial charge in [0.25, 0.3) is 5.56 Å². The van der Waals surface area contributed by atoms with E-state index in [4.69, 9.17) is 5.11 Å². The Morgan fingerprint density at radius 2 is 1.96 bits per heavy atom. The molecule has 0 spiro atoms. The van der Waals surface area contributed by atoms with Crippen molar-refractivity contribution >= 4 is 22.5 Å². The second-order valence-electron chi connectivity index (χ2n) is 5.85. The molecule has 0 bridgehead atoms. The number of hydrogen-bond donors (Lipinski definition) is 2. The van der Waals surface area contributed by atoms with Gasteiger partial charge in [0.05, 0.1) is 17.5 Å². The number of hydrogen-bond acceptors (Lipinski definition) is 2. The minimum atomic E-state index is -0.837. The average molecular weight is 312 g/mol. The Balaban J connectivity index is 2.14. The van der Waals surface area contributed by atoms with Crippen LogP contribution in [0.25, 0.3) is 16.6 Å². The monoisotopic (exact) mass is 312 g/mol. The predicted octanol–water partition coefficient (Wildman–Crippen LogP) is 3.14. The SMILES string of the molecule is CCCCc1ccc2c(c1)[nH]c(=O)c1ccc(CCC(=O)O)n12. The smallest absolute Gasteiger partial charge is 0.303 e. The van der Waals surface area contributed by atoms with Gasteiger partial charge in [0, 0.05) is 5.69 Å².